The molecule has 1 atom stereocenters. The summed E-state index contributed by atoms with van der Waals surface area (Å²) >= 11 is 0. The summed E-state index contributed by atoms with van der Waals surface area (Å²) in [6.45, 7) is 2.60. The molecule has 140 valence electrons. The zero-order chi connectivity index (χ0) is 18.7. The van der Waals surface area contributed by atoms with Crippen LogP contribution in [0.3, 0.4) is 0 Å². The fourth-order valence-corrected chi connectivity index (χ4v) is 5.03. The molecule has 0 radical (unpaired) electrons. The van der Waals surface area contributed by atoms with Crippen molar-refractivity contribution in [2.45, 2.75) is 32.2 Å². The van der Waals surface area contributed by atoms with Gasteiger partial charge in [0.25, 0.3) is 5.91 Å². The Kier molecular flexibility index (Phi) is 5.46. The smallest absolute Gasteiger partial charge is 0.272 e. The molecule has 2 heterocycles. The number of carbonyl (C=O) groups excluding carboxylic acids is 1. The van der Waals surface area contributed by atoms with Gasteiger partial charge in [-0.05, 0) is 37.1 Å². The summed E-state index contributed by atoms with van der Waals surface area (Å²) in [5.74, 6) is 0.739. The number of carbonyl (C=O) groups is 1. The molecule has 2 aromatic rings. The maximum absolute atomic E-state index is 13.1. The maximum atomic E-state index is 13.1. The highest BCUT2D eigenvalue weighted by Crippen LogP contribution is 2.23. The molecule has 0 saturated carbocycles. The van der Waals surface area contributed by atoms with E-state index < -0.39 is 9.84 Å². The zero-order valence-corrected chi connectivity index (χ0v) is 16.0. The Hall–Kier alpha value is -2.15. The second-order valence-electron chi connectivity index (χ2n) is 6.66. The van der Waals surface area contributed by atoms with Crippen LogP contribution < -0.4 is 4.74 Å². The third kappa shape index (κ3) is 3.98. The Balaban J connectivity index is 1.89. The van der Waals surface area contributed by atoms with Gasteiger partial charge in [-0.3, -0.25) is 4.79 Å². The Bertz CT molecular complexity index is 911. The second-order valence-corrected chi connectivity index (χ2v) is 8.89. The van der Waals surface area contributed by atoms with Crippen molar-refractivity contribution in [3.63, 3.8) is 0 Å². The van der Waals surface area contributed by atoms with E-state index in [-0.39, 0.29) is 23.5 Å². The van der Waals surface area contributed by atoms with Gasteiger partial charge in [0.15, 0.2) is 9.84 Å². The molecule has 26 heavy (non-hydrogen) atoms. The van der Waals surface area contributed by atoms with Crippen LogP contribution in [-0.4, -0.2) is 55.4 Å². The minimum Gasteiger partial charge on any atom is -0.497 e. The van der Waals surface area contributed by atoms with Crippen LogP contribution in [0.15, 0.2) is 30.3 Å². The van der Waals surface area contributed by atoms with Crippen LogP contribution >= 0.6 is 0 Å². The van der Waals surface area contributed by atoms with Crippen LogP contribution in [0.4, 0.5) is 0 Å². The number of pyridine rings is 1. The van der Waals surface area contributed by atoms with Crippen molar-refractivity contribution in [1.29, 1.82) is 0 Å². The van der Waals surface area contributed by atoms with E-state index in [4.69, 9.17) is 4.74 Å². The molecule has 7 heteroatoms. The highest BCUT2D eigenvalue weighted by Gasteiger charge is 2.35. The monoisotopic (exact) mass is 376 g/mol. The van der Waals surface area contributed by atoms with E-state index in [0.717, 1.165) is 24.0 Å². The van der Waals surface area contributed by atoms with Crippen molar-refractivity contribution < 1.29 is 17.9 Å². The largest absolute Gasteiger partial charge is 0.497 e. The van der Waals surface area contributed by atoms with Crippen molar-refractivity contribution in [2.75, 3.05) is 25.2 Å². The van der Waals surface area contributed by atoms with Crippen LogP contribution in [0.1, 0.15) is 36.7 Å². The van der Waals surface area contributed by atoms with Crippen molar-refractivity contribution in [1.82, 2.24) is 9.88 Å². The number of methoxy groups -OCH3 is 1. The molecule has 6 nitrogen and oxygen atoms in total. The number of amides is 1. The summed E-state index contributed by atoms with van der Waals surface area (Å²) in [5.41, 5.74) is 1.06. The third-order valence-electron chi connectivity index (χ3n) is 4.78. The van der Waals surface area contributed by atoms with E-state index in [2.05, 4.69) is 11.9 Å². The summed E-state index contributed by atoms with van der Waals surface area (Å²) in [6, 6.07) is 8.79. The molecule has 1 aromatic heterocycles. The number of aromatic nitrogens is 1. The minimum atomic E-state index is -3.05. The maximum Gasteiger partial charge on any atom is 0.272 e. The number of sulfone groups is 1. The highest BCUT2D eigenvalue weighted by molar-refractivity contribution is 7.91. The zero-order valence-electron chi connectivity index (χ0n) is 15.1. The van der Waals surface area contributed by atoms with Gasteiger partial charge in [-0.1, -0.05) is 19.4 Å². The van der Waals surface area contributed by atoms with Crippen molar-refractivity contribution >= 4 is 26.6 Å². The summed E-state index contributed by atoms with van der Waals surface area (Å²) in [6.07, 6.45) is 2.28. The van der Waals surface area contributed by atoms with Crippen molar-refractivity contribution in [3.8, 4) is 5.75 Å². The van der Waals surface area contributed by atoms with Crippen molar-refractivity contribution in [3.05, 3.63) is 36.0 Å². The molecule has 1 aromatic carbocycles. The Morgan fingerprint density at radius 1 is 1.31 bits per heavy atom. The summed E-state index contributed by atoms with van der Waals surface area (Å²) < 4.78 is 28.9. The van der Waals surface area contributed by atoms with Gasteiger partial charge in [0.05, 0.1) is 24.1 Å². The van der Waals surface area contributed by atoms with Gasteiger partial charge >= 0.3 is 0 Å². The van der Waals surface area contributed by atoms with E-state index in [0.29, 0.717) is 24.2 Å². The quantitative estimate of drug-likeness (QED) is 0.775. The Labute approximate surface area is 154 Å². The summed E-state index contributed by atoms with van der Waals surface area (Å²) in [7, 11) is -1.45. The number of unbranched alkanes of at least 4 members (excludes halogenated alkanes) is 1. The average molecular weight is 376 g/mol. The molecule has 1 saturated heterocycles. The fourth-order valence-electron chi connectivity index (χ4n) is 3.30. The first-order chi connectivity index (χ1) is 12.4. The topological polar surface area (TPSA) is 76.6 Å². The molecule has 0 N–H and O–H groups in total. The van der Waals surface area contributed by atoms with Crippen LogP contribution in [0.5, 0.6) is 5.75 Å². The lowest BCUT2D eigenvalue weighted by molar-refractivity contribution is 0.0688. The molecule has 3 rings (SSSR count). The molecule has 1 fully saturated rings. The Morgan fingerprint density at radius 2 is 2.12 bits per heavy atom. The standard InChI is InChI=1S/C19H24N2O4S/c1-3-4-10-21(15-9-11-26(23,24)13-15)19(22)18-7-5-14-12-16(25-2)6-8-17(14)20-18/h5-8,12,15H,3-4,9-11,13H2,1-2H3. The van der Waals surface area contributed by atoms with Gasteiger partial charge in [0.2, 0.25) is 0 Å². The lowest BCUT2D eigenvalue weighted by Gasteiger charge is -2.28. The van der Waals surface area contributed by atoms with Gasteiger partial charge in [-0.2, -0.15) is 0 Å². The fraction of sp³-hybridized carbons (Fsp3) is 0.474. The number of ether oxygens (including phenoxy) is 1. The number of rotatable bonds is 6. The van der Waals surface area contributed by atoms with Gasteiger partial charge in [-0.25, -0.2) is 13.4 Å². The SMILES string of the molecule is CCCCN(C(=O)c1ccc2cc(OC)ccc2n1)C1CCS(=O)(=O)C1. The number of benzene rings is 1. The first kappa shape index (κ1) is 18.6. The van der Waals surface area contributed by atoms with Crippen molar-refractivity contribution in [2.24, 2.45) is 0 Å². The van der Waals surface area contributed by atoms with E-state index in [1.165, 1.54) is 0 Å². The van der Waals surface area contributed by atoms with Crippen LogP contribution in [0.2, 0.25) is 0 Å². The molecule has 0 bridgehead atoms. The molecular weight excluding hydrogens is 352 g/mol. The Morgan fingerprint density at radius 3 is 2.77 bits per heavy atom. The molecule has 1 aliphatic rings. The van der Waals surface area contributed by atoms with Crippen LogP contribution in [0.25, 0.3) is 10.9 Å². The van der Waals surface area contributed by atoms with Crippen LogP contribution in [0, 0.1) is 0 Å². The van der Waals surface area contributed by atoms with Gasteiger partial charge in [0, 0.05) is 18.0 Å². The summed E-state index contributed by atoms with van der Waals surface area (Å²) in [4.78, 5) is 19.3. The van der Waals surface area contributed by atoms with E-state index in [1.54, 1.807) is 18.1 Å². The molecular formula is C19H24N2O4S. The van der Waals surface area contributed by atoms with Crippen LogP contribution in [-0.2, 0) is 9.84 Å². The average Bonchev–Trinajstić information content (AvgIpc) is 3.00. The number of nitrogens with zero attached hydrogens (tertiary/aromatic N) is 2. The van der Waals surface area contributed by atoms with E-state index in [1.807, 2.05) is 24.3 Å². The third-order valence-corrected chi connectivity index (χ3v) is 6.53. The normalized spacial score (nSPS) is 18.8. The lowest BCUT2D eigenvalue weighted by atomic mass is 10.1. The summed E-state index contributed by atoms with van der Waals surface area (Å²) in [5, 5.41) is 0.893. The predicted molar refractivity (Wildman–Crippen MR) is 101 cm³/mol. The molecule has 1 aliphatic heterocycles. The molecule has 0 spiro atoms. The lowest BCUT2D eigenvalue weighted by Crippen LogP contribution is -2.42. The molecule has 1 amide bonds. The number of hydrogen-bond acceptors (Lipinski definition) is 5. The first-order valence-corrected chi connectivity index (χ1v) is 10.7. The predicted octanol–water partition coefficient (Wildman–Crippen LogP) is 2.67. The highest BCUT2D eigenvalue weighted by atomic mass is 32.2. The second kappa shape index (κ2) is 7.61. The van der Waals surface area contributed by atoms with Gasteiger partial charge in [0.1, 0.15) is 11.4 Å². The number of hydrogen-bond donors (Lipinski definition) is 0. The van der Waals surface area contributed by atoms with E-state index >= 15 is 0 Å². The molecule has 1 unspecified atom stereocenters. The van der Waals surface area contributed by atoms with Gasteiger partial charge < -0.3 is 9.64 Å². The van der Waals surface area contributed by atoms with Gasteiger partial charge in [-0.15, -0.1) is 0 Å². The van der Waals surface area contributed by atoms with E-state index in [9.17, 15) is 13.2 Å². The number of fused-ring (bicyclic) bond motifs is 1. The minimum absolute atomic E-state index is 0.0488. The first-order valence-electron chi connectivity index (χ1n) is 8.89. The molecule has 0 aliphatic carbocycles.